The van der Waals surface area contributed by atoms with E-state index >= 15 is 0 Å². The third-order valence-corrected chi connectivity index (χ3v) is 7.46. The Balaban J connectivity index is 1.95. The van der Waals surface area contributed by atoms with Crippen LogP contribution in [0.1, 0.15) is 31.4 Å². The number of carbonyl (C=O) groups is 1. The molecule has 1 fully saturated rings. The lowest BCUT2D eigenvalue weighted by Gasteiger charge is -2.23. The summed E-state index contributed by atoms with van der Waals surface area (Å²) in [7, 11) is -1.47. The third kappa shape index (κ3) is 4.06. The molecule has 0 bridgehead atoms. The molecule has 0 spiro atoms. The number of nitrogens with zero attached hydrogens (tertiary/aromatic N) is 1. The zero-order chi connectivity index (χ0) is 19.8. The van der Waals surface area contributed by atoms with Gasteiger partial charge in [0, 0.05) is 28.3 Å². The maximum atomic E-state index is 12.0. The Kier molecular flexibility index (Phi) is 5.66. The lowest BCUT2D eigenvalue weighted by atomic mass is 10.0. The number of likely N-dealkylation sites (tertiary alicyclic amines) is 1. The van der Waals surface area contributed by atoms with E-state index in [4.69, 9.17) is 10.5 Å². The molecule has 0 radical (unpaired) electrons. The van der Waals surface area contributed by atoms with Crippen LogP contribution < -0.4 is 10.5 Å². The first-order valence-corrected chi connectivity index (χ1v) is 11.3. The number of sulfone groups is 1. The summed E-state index contributed by atoms with van der Waals surface area (Å²) in [5.41, 5.74) is 7.57. The van der Waals surface area contributed by atoms with Gasteiger partial charge in [-0.25, -0.2) is 8.42 Å². The highest BCUT2D eigenvalue weighted by Gasteiger charge is 2.31. The fourth-order valence-corrected chi connectivity index (χ4v) is 4.44. The largest absolute Gasteiger partial charge is 0.457 e. The van der Waals surface area contributed by atoms with Gasteiger partial charge in [0.1, 0.15) is 11.5 Å². The van der Waals surface area contributed by atoms with Crippen molar-refractivity contribution in [2.75, 3.05) is 18.5 Å². The SMILES string of the molecule is CCS(=O)(=O)c1ccc(Oc2cc(I)c(N)cc2C2CCC(=O)N2C)cc1. The maximum absolute atomic E-state index is 12.0. The molecule has 1 saturated heterocycles. The Labute approximate surface area is 172 Å². The van der Waals surface area contributed by atoms with Crippen LogP contribution in [-0.4, -0.2) is 32.0 Å². The van der Waals surface area contributed by atoms with Crippen molar-refractivity contribution in [3.63, 3.8) is 0 Å². The average molecular weight is 500 g/mol. The molecule has 2 aromatic carbocycles. The van der Waals surface area contributed by atoms with Gasteiger partial charge in [0.25, 0.3) is 0 Å². The molecular weight excluding hydrogens is 479 g/mol. The molecule has 3 rings (SSSR count). The summed E-state index contributed by atoms with van der Waals surface area (Å²) >= 11 is 2.14. The number of ether oxygens (including phenoxy) is 1. The fourth-order valence-electron chi connectivity index (χ4n) is 3.11. The van der Waals surface area contributed by atoms with Crippen LogP contribution in [-0.2, 0) is 14.6 Å². The van der Waals surface area contributed by atoms with Gasteiger partial charge in [0.2, 0.25) is 5.91 Å². The van der Waals surface area contributed by atoms with Gasteiger partial charge < -0.3 is 15.4 Å². The van der Waals surface area contributed by atoms with Crippen molar-refractivity contribution in [1.29, 1.82) is 0 Å². The van der Waals surface area contributed by atoms with E-state index in [0.29, 0.717) is 30.0 Å². The minimum Gasteiger partial charge on any atom is -0.457 e. The minimum absolute atomic E-state index is 0.0511. The van der Waals surface area contributed by atoms with Crippen molar-refractivity contribution in [2.45, 2.75) is 30.7 Å². The van der Waals surface area contributed by atoms with E-state index in [9.17, 15) is 13.2 Å². The van der Waals surface area contributed by atoms with E-state index < -0.39 is 9.84 Å². The highest BCUT2D eigenvalue weighted by atomic mass is 127. The summed E-state index contributed by atoms with van der Waals surface area (Å²) in [6.45, 7) is 1.61. The molecule has 1 amide bonds. The first-order chi connectivity index (χ1) is 12.7. The maximum Gasteiger partial charge on any atom is 0.222 e. The third-order valence-electron chi connectivity index (χ3n) is 4.77. The first kappa shape index (κ1) is 19.9. The molecule has 144 valence electrons. The molecule has 1 aliphatic heterocycles. The molecule has 1 aliphatic rings. The number of rotatable bonds is 5. The molecular formula is C19H21IN2O4S. The number of nitrogens with two attached hydrogens (primary N) is 1. The van der Waals surface area contributed by atoms with Gasteiger partial charge in [0.15, 0.2) is 9.84 Å². The van der Waals surface area contributed by atoms with Crippen molar-refractivity contribution in [1.82, 2.24) is 4.90 Å². The van der Waals surface area contributed by atoms with Crippen LogP contribution in [0.25, 0.3) is 0 Å². The molecule has 2 aromatic rings. The van der Waals surface area contributed by atoms with Crippen molar-refractivity contribution < 1.29 is 17.9 Å². The minimum atomic E-state index is -3.25. The second kappa shape index (κ2) is 7.67. The van der Waals surface area contributed by atoms with E-state index in [1.807, 2.05) is 12.1 Å². The molecule has 8 heteroatoms. The fraction of sp³-hybridized carbons (Fsp3) is 0.316. The summed E-state index contributed by atoms with van der Waals surface area (Å²) in [6.07, 6.45) is 1.20. The first-order valence-electron chi connectivity index (χ1n) is 8.58. The molecule has 1 unspecified atom stereocenters. The van der Waals surface area contributed by atoms with Gasteiger partial charge in [-0.1, -0.05) is 6.92 Å². The average Bonchev–Trinajstić information content (AvgIpc) is 2.97. The van der Waals surface area contributed by atoms with Gasteiger partial charge >= 0.3 is 0 Å². The Hall–Kier alpha value is -1.81. The number of amides is 1. The molecule has 6 nitrogen and oxygen atoms in total. The second-order valence-corrected chi connectivity index (χ2v) is 9.89. The highest BCUT2D eigenvalue weighted by molar-refractivity contribution is 14.1. The number of halogens is 1. The van der Waals surface area contributed by atoms with Crippen LogP contribution in [0, 0.1) is 3.57 Å². The van der Waals surface area contributed by atoms with E-state index in [-0.39, 0.29) is 22.6 Å². The van der Waals surface area contributed by atoms with Crippen LogP contribution in [0.5, 0.6) is 11.5 Å². The van der Waals surface area contributed by atoms with Gasteiger partial charge in [-0.15, -0.1) is 0 Å². The van der Waals surface area contributed by atoms with E-state index in [1.54, 1.807) is 43.1 Å². The standard InChI is InChI=1S/C19H21IN2O4S/c1-3-27(24,25)13-6-4-12(5-7-13)26-18-11-15(20)16(21)10-14(18)17-8-9-19(23)22(17)2/h4-7,10-11,17H,3,8-9,21H2,1-2H3. The van der Waals surface area contributed by atoms with Crippen molar-refractivity contribution in [3.8, 4) is 11.5 Å². The summed E-state index contributed by atoms with van der Waals surface area (Å²) in [5, 5.41) is 0. The normalized spacial score (nSPS) is 17.4. The lowest BCUT2D eigenvalue weighted by molar-refractivity contribution is -0.127. The van der Waals surface area contributed by atoms with Crippen molar-refractivity contribution in [3.05, 3.63) is 45.5 Å². The predicted octanol–water partition coefficient (Wildman–Crippen LogP) is 3.75. The number of benzene rings is 2. The van der Waals surface area contributed by atoms with Crippen LogP contribution in [0.2, 0.25) is 0 Å². The summed E-state index contributed by atoms with van der Waals surface area (Å²) in [6, 6.07) is 9.97. The highest BCUT2D eigenvalue weighted by Crippen LogP contribution is 2.40. The van der Waals surface area contributed by atoms with Crippen LogP contribution in [0.3, 0.4) is 0 Å². The number of hydrogen-bond acceptors (Lipinski definition) is 5. The van der Waals surface area contributed by atoms with Crippen molar-refractivity contribution in [2.24, 2.45) is 0 Å². The summed E-state index contributed by atoms with van der Waals surface area (Å²) in [4.78, 5) is 13.9. The van der Waals surface area contributed by atoms with Gasteiger partial charge in [0.05, 0.1) is 16.7 Å². The molecule has 0 aliphatic carbocycles. The monoisotopic (exact) mass is 500 g/mol. The van der Waals surface area contributed by atoms with E-state index in [1.165, 1.54) is 0 Å². The van der Waals surface area contributed by atoms with E-state index in [0.717, 1.165) is 9.13 Å². The predicted molar refractivity (Wildman–Crippen MR) is 113 cm³/mol. The molecule has 1 atom stereocenters. The Morgan fingerprint density at radius 3 is 2.48 bits per heavy atom. The Morgan fingerprint density at radius 1 is 1.26 bits per heavy atom. The number of nitrogen functional groups attached to an aromatic ring is 1. The number of hydrogen-bond donors (Lipinski definition) is 1. The van der Waals surface area contributed by atoms with Crippen LogP contribution in [0.4, 0.5) is 5.69 Å². The topological polar surface area (TPSA) is 89.7 Å². The molecule has 0 aromatic heterocycles. The number of anilines is 1. The summed E-state index contributed by atoms with van der Waals surface area (Å²) < 4.78 is 30.8. The lowest BCUT2D eigenvalue weighted by Crippen LogP contribution is -2.23. The Bertz CT molecular complexity index is 974. The molecule has 0 saturated carbocycles. The number of carbonyl (C=O) groups excluding carboxylic acids is 1. The quantitative estimate of drug-likeness (QED) is 0.499. The van der Waals surface area contributed by atoms with Gasteiger partial charge in [-0.2, -0.15) is 0 Å². The van der Waals surface area contributed by atoms with Gasteiger partial charge in [-0.05, 0) is 65.4 Å². The van der Waals surface area contributed by atoms with Crippen LogP contribution in [0.15, 0.2) is 41.3 Å². The zero-order valence-corrected chi connectivity index (χ0v) is 18.1. The Morgan fingerprint density at radius 2 is 1.93 bits per heavy atom. The molecule has 27 heavy (non-hydrogen) atoms. The van der Waals surface area contributed by atoms with Gasteiger partial charge in [-0.3, -0.25) is 4.79 Å². The van der Waals surface area contributed by atoms with E-state index in [2.05, 4.69) is 22.6 Å². The molecule has 1 heterocycles. The smallest absolute Gasteiger partial charge is 0.222 e. The van der Waals surface area contributed by atoms with Crippen molar-refractivity contribution >= 4 is 44.0 Å². The zero-order valence-electron chi connectivity index (χ0n) is 15.1. The van der Waals surface area contributed by atoms with Crippen LogP contribution >= 0.6 is 22.6 Å². The second-order valence-electron chi connectivity index (χ2n) is 6.45. The summed E-state index contributed by atoms with van der Waals surface area (Å²) in [5.74, 6) is 1.29. The molecule has 2 N–H and O–H groups in total.